The van der Waals surface area contributed by atoms with Crippen molar-refractivity contribution in [2.45, 2.75) is 20.3 Å². The van der Waals surface area contributed by atoms with Crippen LogP contribution < -0.4 is 0 Å². The van der Waals surface area contributed by atoms with Crippen LogP contribution in [0.25, 0.3) is 0 Å². The first-order valence-corrected chi connectivity index (χ1v) is 4.86. The fraction of sp³-hybridized carbons (Fsp3) is 1.00. The third-order valence-corrected chi connectivity index (χ3v) is 3.99. The molecule has 50 valence electrons. The second-order valence-electron chi connectivity index (χ2n) is 2.43. The molecule has 0 fully saturated rings. The maximum Gasteiger partial charge on any atom is 0.0284 e. The summed E-state index contributed by atoms with van der Waals surface area (Å²) in [6.07, 6.45) is 1.18. The molecule has 0 aromatic heterocycles. The predicted octanol–water partition coefficient (Wildman–Crippen LogP) is 3.08. The van der Waals surface area contributed by atoms with E-state index in [9.17, 15) is 0 Å². The minimum absolute atomic E-state index is 0.377. The third kappa shape index (κ3) is 2.53. The van der Waals surface area contributed by atoms with Crippen LogP contribution in [-0.4, -0.2) is 10.3 Å². The summed E-state index contributed by atoms with van der Waals surface area (Å²) >= 11 is 8.09. The monoisotopic (exact) mass is 246 g/mol. The topological polar surface area (TPSA) is 0 Å². The molecule has 0 aromatic carbocycles. The summed E-state index contributed by atoms with van der Waals surface area (Å²) < 4.78 is 1.16. The normalized spacial score (nSPS) is 18.0. The zero-order valence-electron chi connectivity index (χ0n) is 5.38. The molecule has 8 heavy (non-hydrogen) atoms. The number of hydrogen-bond donors (Lipinski definition) is 0. The van der Waals surface area contributed by atoms with Crippen LogP contribution in [-0.2, 0) is 0 Å². The molecular weight excluding hydrogens is 234 g/mol. The van der Waals surface area contributed by atoms with Gasteiger partial charge in [-0.25, -0.2) is 0 Å². The van der Waals surface area contributed by atoms with Gasteiger partial charge in [-0.3, -0.25) is 0 Å². The average Bonchev–Trinajstić information content (AvgIpc) is 1.87. The lowest BCUT2D eigenvalue weighted by Crippen LogP contribution is -2.18. The molecule has 0 radical (unpaired) electrons. The minimum atomic E-state index is 0.377. The highest BCUT2D eigenvalue weighted by molar-refractivity contribution is 14.1. The fourth-order valence-corrected chi connectivity index (χ4v) is 1.64. The first-order chi connectivity index (χ1) is 3.68. The lowest BCUT2D eigenvalue weighted by Gasteiger charge is -2.21. The molecule has 0 saturated carbocycles. The molecule has 0 amide bonds. The summed E-state index contributed by atoms with van der Waals surface area (Å²) in [4.78, 5) is 0. The molecule has 0 aromatic rings. The van der Waals surface area contributed by atoms with Crippen LogP contribution in [0.2, 0.25) is 0 Å². The Kier molecular flexibility index (Phi) is 4.44. The third-order valence-electron chi connectivity index (χ3n) is 1.50. The molecule has 0 aliphatic rings. The molecular formula is C6H12ClI. The molecule has 1 atom stereocenters. The van der Waals surface area contributed by atoms with E-state index in [1.165, 1.54) is 6.42 Å². The summed E-state index contributed by atoms with van der Waals surface area (Å²) in [5.41, 5.74) is 0.377. The standard InChI is InChI=1S/C6H12ClI/c1-3-6(2,4-7)5-8/h3-5H2,1-2H3. The van der Waals surface area contributed by atoms with Crippen molar-refractivity contribution in [1.82, 2.24) is 0 Å². The van der Waals surface area contributed by atoms with Crippen LogP contribution in [0, 0.1) is 5.41 Å². The van der Waals surface area contributed by atoms with Crippen molar-refractivity contribution in [2.24, 2.45) is 5.41 Å². The van der Waals surface area contributed by atoms with E-state index < -0.39 is 0 Å². The van der Waals surface area contributed by atoms with Gasteiger partial charge in [-0.1, -0.05) is 36.4 Å². The first-order valence-electron chi connectivity index (χ1n) is 2.80. The van der Waals surface area contributed by atoms with Crippen LogP contribution in [0.1, 0.15) is 20.3 Å². The largest absolute Gasteiger partial charge is 0.126 e. The van der Waals surface area contributed by atoms with Gasteiger partial charge in [-0.05, 0) is 11.8 Å². The van der Waals surface area contributed by atoms with Crippen molar-refractivity contribution in [2.75, 3.05) is 10.3 Å². The van der Waals surface area contributed by atoms with E-state index in [4.69, 9.17) is 11.6 Å². The Balaban J connectivity index is 3.58. The van der Waals surface area contributed by atoms with E-state index in [2.05, 4.69) is 36.4 Å². The Morgan fingerprint density at radius 3 is 2.12 bits per heavy atom. The van der Waals surface area contributed by atoms with Crippen LogP contribution in [0.15, 0.2) is 0 Å². The van der Waals surface area contributed by atoms with Crippen molar-refractivity contribution in [3.63, 3.8) is 0 Å². The van der Waals surface area contributed by atoms with E-state index in [1.54, 1.807) is 0 Å². The molecule has 0 aliphatic carbocycles. The smallest absolute Gasteiger partial charge is 0.0284 e. The van der Waals surface area contributed by atoms with Crippen molar-refractivity contribution < 1.29 is 0 Å². The van der Waals surface area contributed by atoms with E-state index in [0.29, 0.717) is 5.41 Å². The molecule has 0 rings (SSSR count). The van der Waals surface area contributed by atoms with Gasteiger partial charge in [-0.2, -0.15) is 0 Å². The van der Waals surface area contributed by atoms with Gasteiger partial charge in [0.05, 0.1) is 0 Å². The Bertz CT molecular complexity index is 51.3. The minimum Gasteiger partial charge on any atom is -0.126 e. The predicted molar refractivity (Wildman–Crippen MR) is 48.0 cm³/mol. The molecule has 0 heterocycles. The summed E-state index contributed by atoms with van der Waals surface area (Å²) in [6.45, 7) is 4.40. The van der Waals surface area contributed by atoms with Crippen LogP contribution in [0.5, 0.6) is 0 Å². The Morgan fingerprint density at radius 2 is 2.12 bits per heavy atom. The van der Waals surface area contributed by atoms with Gasteiger partial charge >= 0.3 is 0 Å². The summed E-state index contributed by atoms with van der Waals surface area (Å²) in [6, 6.07) is 0. The maximum absolute atomic E-state index is 5.70. The van der Waals surface area contributed by atoms with Gasteiger partial charge in [0.15, 0.2) is 0 Å². The highest BCUT2D eigenvalue weighted by Crippen LogP contribution is 2.24. The molecule has 0 aliphatic heterocycles. The van der Waals surface area contributed by atoms with Crippen molar-refractivity contribution in [3.8, 4) is 0 Å². The van der Waals surface area contributed by atoms with Gasteiger partial charge in [0.25, 0.3) is 0 Å². The van der Waals surface area contributed by atoms with E-state index in [-0.39, 0.29) is 0 Å². The molecule has 2 heteroatoms. The van der Waals surface area contributed by atoms with Gasteiger partial charge in [0.1, 0.15) is 0 Å². The van der Waals surface area contributed by atoms with Gasteiger partial charge in [0, 0.05) is 10.3 Å². The quantitative estimate of drug-likeness (QED) is 0.530. The second-order valence-corrected chi connectivity index (χ2v) is 3.46. The summed E-state index contributed by atoms with van der Waals surface area (Å²) in [5.74, 6) is 0.784. The fourth-order valence-electron chi connectivity index (χ4n) is 0.225. The van der Waals surface area contributed by atoms with E-state index in [0.717, 1.165) is 10.3 Å². The molecule has 0 bridgehead atoms. The Hall–Kier alpha value is 1.02. The van der Waals surface area contributed by atoms with E-state index >= 15 is 0 Å². The van der Waals surface area contributed by atoms with Gasteiger partial charge < -0.3 is 0 Å². The maximum atomic E-state index is 5.70. The summed E-state index contributed by atoms with van der Waals surface area (Å²) in [5, 5.41) is 0. The van der Waals surface area contributed by atoms with Crippen molar-refractivity contribution in [3.05, 3.63) is 0 Å². The second kappa shape index (κ2) is 3.94. The number of hydrogen-bond acceptors (Lipinski definition) is 0. The van der Waals surface area contributed by atoms with Crippen LogP contribution in [0.4, 0.5) is 0 Å². The summed E-state index contributed by atoms with van der Waals surface area (Å²) in [7, 11) is 0. The zero-order chi connectivity index (χ0) is 6.62. The molecule has 0 spiro atoms. The van der Waals surface area contributed by atoms with Gasteiger partial charge in [-0.15, -0.1) is 11.6 Å². The van der Waals surface area contributed by atoms with Crippen LogP contribution >= 0.6 is 34.2 Å². The number of halogens is 2. The van der Waals surface area contributed by atoms with Gasteiger partial charge in [0.2, 0.25) is 0 Å². The number of alkyl halides is 2. The average molecular weight is 247 g/mol. The first kappa shape index (κ1) is 9.02. The molecule has 1 unspecified atom stereocenters. The highest BCUT2D eigenvalue weighted by Gasteiger charge is 2.17. The Morgan fingerprint density at radius 1 is 1.62 bits per heavy atom. The SMILES string of the molecule is CCC(C)(CCl)CI. The van der Waals surface area contributed by atoms with E-state index in [1.807, 2.05) is 0 Å². The Labute approximate surface area is 70.1 Å². The number of rotatable bonds is 3. The molecule has 0 saturated heterocycles. The van der Waals surface area contributed by atoms with Crippen LogP contribution in [0.3, 0.4) is 0 Å². The lowest BCUT2D eigenvalue weighted by atomic mass is 9.93. The lowest BCUT2D eigenvalue weighted by molar-refractivity contribution is 0.422. The molecule has 0 nitrogen and oxygen atoms in total. The van der Waals surface area contributed by atoms with Crippen molar-refractivity contribution >= 4 is 34.2 Å². The van der Waals surface area contributed by atoms with Crippen molar-refractivity contribution in [1.29, 1.82) is 0 Å². The highest BCUT2D eigenvalue weighted by atomic mass is 127. The zero-order valence-corrected chi connectivity index (χ0v) is 8.29. The molecule has 0 N–H and O–H groups in total.